The lowest BCUT2D eigenvalue weighted by Gasteiger charge is -2.08. The molecule has 2 aromatic carbocycles. The Labute approximate surface area is 135 Å². The number of aromatic nitrogens is 2. The summed E-state index contributed by atoms with van der Waals surface area (Å²) in [6, 6.07) is 13.6. The molecular formula is C16H12ClN3O3. The van der Waals surface area contributed by atoms with E-state index in [9.17, 15) is 9.59 Å². The molecule has 0 radical (unpaired) electrons. The molecule has 3 rings (SSSR count). The van der Waals surface area contributed by atoms with E-state index in [-0.39, 0.29) is 0 Å². The summed E-state index contributed by atoms with van der Waals surface area (Å²) in [5.41, 5.74) is 0.0276. The lowest BCUT2D eigenvalue weighted by atomic mass is 10.2. The standard InChI is InChI=1S/C16H12ClN3O3/c1-19-12-8-7-10(17)9-13(12)20(11-5-3-2-4-6-11)16(22)14(18-23)15(19)21/h2-9,23H,1H3/b18-14+. The van der Waals surface area contributed by atoms with Crippen molar-refractivity contribution in [2.75, 3.05) is 0 Å². The number of rotatable bonds is 1. The van der Waals surface area contributed by atoms with Gasteiger partial charge in [0.15, 0.2) is 0 Å². The highest BCUT2D eigenvalue weighted by Crippen LogP contribution is 2.18. The molecule has 0 spiro atoms. The number of halogens is 1. The van der Waals surface area contributed by atoms with E-state index in [4.69, 9.17) is 16.8 Å². The molecule has 0 amide bonds. The van der Waals surface area contributed by atoms with Crippen LogP contribution in [0.2, 0.25) is 5.02 Å². The molecule has 1 aromatic heterocycles. The molecule has 0 aliphatic heterocycles. The van der Waals surface area contributed by atoms with Gasteiger partial charge < -0.3 is 9.77 Å². The van der Waals surface area contributed by atoms with Crippen LogP contribution in [-0.2, 0) is 7.05 Å². The van der Waals surface area contributed by atoms with Crippen molar-refractivity contribution in [3.05, 3.63) is 79.6 Å². The van der Waals surface area contributed by atoms with Crippen molar-refractivity contribution in [2.45, 2.75) is 0 Å². The second-order valence-corrected chi connectivity index (χ2v) is 5.36. The van der Waals surface area contributed by atoms with E-state index in [0.717, 1.165) is 0 Å². The number of para-hydroxylation sites is 1. The summed E-state index contributed by atoms with van der Waals surface area (Å²) in [7, 11) is 1.50. The summed E-state index contributed by atoms with van der Waals surface area (Å²) in [6.45, 7) is 0. The number of nitrogens with zero attached hydrogens (tertiary/aromatic N) is 3. The minimum Gasteiger partial charge on any atom is -0.410 e. The van der Waals surface area contributed by atoms with Gasteiger partial charge in [0.2, 0.25) is 5.36 Å². The highest BCUT2D eigenvalue weighted by atomic mass is 35.5. The van der Waals surface area contributed by atoms with Crippen molar-refractivity contribution < 1.29 is 5.21 Å². The first-order valence-electron chi connectivity index (χ1n) is 6.73. The fourth-order valence-corrected chi connectivity index (χ4v) is 2.62. The monoisotopic (exact) mass is 329 g/mol. The fourth-order valence-electron chi connectivity index (χ4n) is 2.45. The van der Waals surface area contributed by atoms with E-state index in [1.54, 1.807) is 42.5 Å². The van der Waals surface area contributed by atoms with E-state index in [1.165, 1.54) is 16.2 Å². The van der Waals surface area contributed by atoms with Crippen molar-refractivity contribution in [3.8, 4) is 5.69 Å². The molecule has 1 heterocycles. The van der Waals surface area contributed by atoms with E-state index in [0.29, 0.717) is 21.7 Å². The van der Waals surface area contributed by atoms with Gasteiger partial charge in [-0.25, -0.2) is 0 Å². The molecule has 6 nitrogen and oxygen atoms in total. The summed E-state index contributed by atoms with van der Waals surface area (Å²) in [6.07, 6.45) is 0. The molecule has 0 fully saturated rings. The first-order chi connectivity index (χ1) is 11.0. The van der Waals surface area contributed by atoms with Gasteiger partial charge in [0, 0.05) is 17.8 Å². The zero-order valence-electron chi connectivity index (χ0n) is 12.1. The van der Waals surface area contributed by atoms with Gasteiger partial charge in [-0.1, -0.05) is 35.0 Å². The Morgan fingerprint density at radius 3 is 2.35 bits per heavy atom. The van der Waals surface area contributed by atoms with Crippen LogP contribution >= 0.6 is 11.6 Å². The third-order valence-corrected chi connectivity index (χ3v) is 3.80. The Bertz CT molecular complexity index is 1090. The molecule has 3 aromatic rings. The summed E-state index contributed by atoms with van der Waals surface area (Å²) >= 11 is 6.06. The van der Waals surface area contributed by atoms with E-state index < -0.39 is 16.5 Å². The SMILES string of the molecule is Cn1c(=O)/c(=N\O)c(=O)n(-c2ccccc2)c2cc(Cl)ccc21. The summed E-state index contributed by atoms with van der Waals surface area (Å²) in [4.78, 5) is 25.1. The molecule has 1 N–H and O–H groups in total. The molecule has 116 valence electrons. The maximum absolute atomic E-state index is 12.8. The maximum atomic E-state index is 12.8. The van der Waals surface area contributed by atoms with E-state index in [1.807, 2.05) is 6.07 Å². The van der Waals surface area contributed by atoms with Crippen LogP contribution < -0.4 is 16.5 Å². The summed E-state index contributed by atoms with van der Waals surface area (Å²) < 4.78 is 2.55. The molecule has 7 heteroatoms. The highest BCUT2D eigenvalue weighted by molar-refractivity contribution is 6.31. The van der Waals surface area contributed by atoms with Gasteiger partial charge in [-0.15, -0.1) is 0 Å². The second kappa shape index (κ2) is 5.73. The molecule has 0 saturated heterocycles. The van der Waals surface area contributed by atoms with Gasteiger partial charge in [0.05, 0.1) is 11.0 Å². The zero-order chi connectivity index (χ0) is 16.6. The predicted octanol–water partition coefficient (Wildman–Crippen LogP) is 1.63. The number of benzene rings is 2. The molecule has 0 aliphatic rings. The van der Waals surface area contributed by atoms with Gasteiger partial charge in [-0.05, 0) is 30.3 Å². The minimum atomic E-state index is -0.725. The van der Waals surface area contributed by atoms with Gasteiger partial charge in [-0.2, -0.15) is 0 Å². The third kappa shape index (κ3) is 2.43. The van der Waals surface area contributed by atoms with Gasteiger partial charge in [0.25, 0.3) is 11.1 Å². The Morgan fingerprint density at radius 1 is 1.00 bits per heavy atom. The molecule has 0 aliphatic carbocycles. The Kier molecular flexibility index (Phi) is 3.75. The van der Waals surface area contributed by atoms with Crippen LogP contribution in [0.5, 0.6) is 0 Å². The van der Waals surface area contributed by atoms with Crippen LogP contribution in [0.25, 0.3) is 16.7 Å². The maximum Gasteiger partial charge on any atom is 0.290 e. The van der Waals surface area contributed by atoms with Crippen LogP contribution in [0, 0.1) is 0 Å². The molecule has 23 heavy (non-hydrogen) atoms. The Balaban J connectivity index is 2.74. The van der Waals surface area contributed by atoms with E-state index in [2.05, 4.69) is 5.16 Å². The largest absolute Gasteiger partial charge is 0.410 e. The van der Waals surface area contributed by atoms with Crippen molar-refractivity contribution in [1.82, 2.24) is 9.13 Å². The third-order valence-electron chi connectivity index (χ3n) is 3.57. The summed E-state index contributed by atoms with van der Waals surface area (Å²) in [5.74, 6) is 0. The van der Waals surface area contributed by atoms with Crippen LogP contribution in [0.15, 0.2) is 63.3 Å². The average molecular weight is 330 g/mol. The summed E-state index contributed by atoms with van der Waals surface area (Å²) in [5, 5.41) is 11.9. The number of hydrogen-bond acceptors (Lipinski definition) is 4. The topological polar surface area (TPSA) is 76.6 Å². The van der Waals surface area contributed by atoms with Crippen molar-refractivity contribution in [3.63, 3.8) is 0 Å². The smallest absolute Gasteiger partial charge is 0.290 e. The zero-order valence-corrected chi connectivity index (χ0v) is 12.9. The van der Waals surface area contributed by atoms with Crippen molar-refractivity contribution in [1.29, 1.82) is 0 Å². The van der Waals surface area contributed by atoms with Gasteiger partial charge >= 0.3 is 0 Å². The van der Waals surface area contributed by atoms with Crippen LogP contribution in [0.3, 0.4) is 0 Å². The number of hydrogen-bond donors (Lipinski definition) is 1. The van der Waals surface area contributed by atoms with Crippen LogP contribution in [-0.4, -0.2) is 14.3 Å². The predicted molar refractivity (Wildman–Crippen MR) is 87.1 cm³/mol. The fraction of sp³-hybridized carbons (Fsp3) is 0.0625. The van der Waals surface area contributed by atoms with Crippen LogP contribution in [0.4, 0.5) is 0 Å². The molecule has 0 bridgehead atoms. The normalized spacial score (nSPS) is 11.8. The lowest BCUT2D eigenvalue weighted by Crippen LogP contribution is -2.43. The van der Waals surface area contributed by atoms with Gasteiger partial charge in [0.1, 0.15) is 0 Å². The average Bonchev–Trinajstić information content (AvgIpc) is 2.62. The first-order valence-corrected chi connectivity index (χ1v) is 7.11. The van der Waals surface area contributed by atoms with Crippen LogP contribution in [0.1, 0.15) is 0 Å². The minimum absolute atomic E-state index is 0.419. The quantitative estimate of drug-likeness (QED) is 0.544. The Morgan fingerprint density at radius 2 is 1.70 bits per heavy atom. The molecule has 0 saturated carbocycles. The van der Waals surface area contributed by atoms with E-state index >= 15 is 0 Å². The molecular weight excluding hydrogens is 318 g/mol. The molecule has 0 unspecified atom stereocenters. The second-order valence-electron chi connectivity index (χ2n) is 4.92. The van der Waals surface area contributed by atoms with Crippen molar-refractivity contribution >= 4 is 22.6 Å². The number of aryl methyl sites for hydroxylation is 1. The van der Waals surface area contributed by atoms with Gasteiger partial charge in [-0.3, -0.25) is 14.2 Å². The Hall–Kier alpha value is -2.86. The lowest BCUT2D eigenvalue weighted by molar-refractivity contribution is 0.299. The highest BCUT2D eigenvalue weighted by Gasteiger charge is 2.12. The number of fused-ring (bicyclic) bond motifs is 1. The molecule has 0 atom stereocenters. The first kappa shape index (κ1) is 15.1. The van der Waals surface area contributed by atoms with Crippen molar-refractivity contribution in [2.24, 2.45) is 12.2 Å².